The average molecular weight is 334 g/mol. The van der Waals surface area contributed by atoms with Crippen molar-refractivity contribution in [3.63, 3.8) is 0 Å². The van der Waals surface area contributed by atoms with E-state index in [0.717, 1.165) is 16.6 Å². The van der Waals surface area contributed by atoms with Crippen molar-refractivity contribution >= 4 is 16.6 Å². The second-order valence-electron chi connectivity index (χ2n) is 5.92. The quantitative estimate of drug-likeness (QED) is 0.691. The fraction of sp³-hybridized carbons (Fsp3) is 0.200. The first kappa shape index (κ1) is 16.7. The van der Waals surface area contributed by atoms with E-state index < -0.39 is 6.04 Å². The molecule has 0 bridgehead atoms. The summed E-state index contributed by atoms with van der Waals surface area (Å²) < 4.78 is 15.2. The summed E-state index contributed by atoms with van der Waals surface area (Å²) >= 11 is 0. The predicted molar refractivity (Wildman–Crippen MR) is 97.8 cm³/mol. The van der Waals surface area contributed by atoms with Crippen LogP contribution in [0.15, 0.2) is 49.2 Å². The molecule has 2 aromatic heterocycles. The van der Waals surface area contributed by atoms with Gasteiger partial charge in [0.2, 0.25) is 0 Å². The zero-order valence-corrected chi connectivity index (χ0v) is 14.3. The molecule has 3 rings (SSSR count). The van der Waals surface area contributed by atoms with Crippen LogP contribution < -0.4 is 5.32 Å². The lowest BCUT2D eigenvalue weighted by Gasteiger charge is -2.15. The van der Waals surface area contributed by atoms with Crippen LogP contribution >= 0.6 is 0 Å². The van der Waals surface area contributed by atoms with Crippen molar-refractivity contribution in [2.75, 3.05) is 5.32 Å². The number of nitrogens with one attached hydrogen (secondary N) is 1. The van der Waals surface area contributed by atoms with Crippen molar-refractivity contribution in [1.82, 2.24) is 9.55 Å². The second kappa shape index (κ2) is 6.78. The predicted octanol–water partition coefficient (Wildman–Crippen LogP) is 4.66. The van der Waals surface area contributed by atoms with Gasteiger partial charge in [-0.1, -0.05) is 6.08 Å². The van der Waals surface area contributed by atoms with Gasteiger partial charge in [-0.3, -0.25) is 4.98 Å². The highest BCUT2D eigenvalue weighted by Crippen LogP contribution is 2.31. The number of aromatic nitrogens is 2. The summed E-state index contributed by atoms with van der Waals surface area (Å²) in [6.45, 7) is 8.59. The van der Waals surface area contributed by atoms with Gasteiger partial charge >= 0.3 is 0 Å². The molecule has 1 aromatic carbocycles. The Hall–Kier alpha value is -3.13. The van der Waals surface area contributed by atoms with E-state index in [0.29, 0.717) is 17.9 Å². The van der Waals surface area contributed by atoms with E-state index in [1.165, 1.54) is 17.7 Å². The number of fused-ring (bicyclic) bond motifs is 1. The molecule has 1 unspecified atom stereocenters. The normalized spacial score (nSPS) is 11.9. The van der Waals surface area contributed by atoms with Crippen molar-refractivity contribution in [2.45, 2.75) is 26.4 Å². The summed E-state index contributed by atoms with van der Waals surface area (Å²) in [5.41, 5.74) is 4.55. The minimum Gasteiger partial charge on any atom is -0.365 e. The highest BCUT2D eigenvalue weighted by molar-refractivity contribution is 5.87. The standard InChI is InChI=1S/C20H19FN4/c1-4-11-25-14(3)13(2)17-9-10-23-19(20(17)25)18(12-22)24-16-7-5-15(21)6-8-16/h4-10,18,24H,1,11H2,2-3H3. The maximum absolute atomic E-state index is 13.1. The number of aryl methyl sites for hydroxylation is 1. The lowest BCUT2D eigenvalue weighted by Crippen LogP contribution is -2.12. The number of pyridine rings is 1. The zero-order valence-electron chi connectivity index (χ0n) is 14.3. The lowest BCUT2D eigenvalue weighted by atomic mass is 10.1. The van der Waals surface area contributed by atoms with Gasteiger partial charge in [-0.15, -0.1) is 6.58 Å². The molecule has 0 aliphatic heterocycles. The molecular weight excluding hydrogens is 315 g/mol. The van der Waals surface area contributed by atoms with Crippen LogP contribution in [0.2, 0.25) is 0 Å². The maximum atomic E-state index is 13.1. The molecule has 25 heavy (non-hydrogen) atoms. The second-order valence-corrected chi connectivity index (χ2v) is 5.92. The summed E-state index contributed by atoms with van der Waals surface area (Å²) in [6.07, 6.45) is 3.55. The molecule has 0 aliphatic rings. The van der Waals surface area contributed by atoms with E-state index >= 15 is 0 Å². The van der Waals surface area contributed by atoms with Gasteiger partial charge in [0.05, 0.1) is 11.6 Å². The van der Waals surface area contributed by atoms with Crippen LogP contribution in [0.1, 0.15) is 23.0 Å². The molecule has 0 amide bonds. The van der Waals surface area contributed by atoms with E-state index in [-0.39, 0.29) is 5.82 Å². The third kappa shape index (κ3) is 2.99. The Morgan fingerprint density at radius 1 is 1.32 bits per heavy atom. The van der Waals surface area contributed by atoms with Crippen molar-refractivity contribution in [2.24, 2.45) is 0 Å². The topological polar surface area (TPSA) is 53.6 Å². The Balaban J connectivity index is 2.12. The number of hydrogen-bond donors (Lipinski definition) is 1. The summed E-state index contributed by atoms with van der Waals surface area (Å²) in [7, 11) is 0. The van der Waals surface area contributed by atoms with Crippen LogP contribution in [0, 0.1) is 31.0 Å². The summed E-state index contributed by atoms with van der Waals surface area (Å²) in [6, 6.07) is 9.53. The van der Waals surface area contributed by atoms with Crippen LogP contribution in [0.3, 0.4) is 0 Å². The number of nitrogens with zero attached hydrogens (tertiary/aromatic N) is 3. The van der Waals surface area contributed by atoms with Gasteiger partial charge in [-0.05, 0) is 49.7 Å². The third-order valence-corrected chi connectivity index (χ3v) is 4.44. The van der Waals surface area contributed by atoms with Crippen molar-refractivity contribution in [3.05, 3.63) is 72.0 Å². The van der Waals surface area contributed by atoms with Gasteiger partial charge in [0.1, 0.15) is 11.5 Å². The molecule has 126 valence electrons. The van der Waals surface area contributed by atoms with Gasteiger partial charge in [-0.2, -0.15) is 5.26 Å². The van der Waals surface area contributed by atoms with Crippen LogP contribution in [-0.2, 0) is 6.54 Å². The van der Waals surface area contributed by atoms with E-state index in [2.05, 4.69) is 41.4 Å². The summed E-state index contributed by atoms with van der Waals surface area (Å²) in [5.74, 6) is -0.314. The summed E-state index contributed by atoms with van der Waals surface area (Å²) in [5, 5.41) is 13.9. The van der Waals surface area contributed by atoms with Gasteiger partial charge in [0.25, 0.3) is 0 Å². The Labute approximate surface area is 146 Å². The fourth-order valence-corrected chi connectivity index (χ4v) is 3.06. The number of rotatable bonds is 5. The Morgan fingerprint density at radius 2 is 2.04 bits per heavy atom. The molecule has 4 nitrogen and oxygen atoms in total. The monoisotopic (exact) mass is 334 g/mol. The molecule has 0 saturated carbocycles. The number of allylic oxidation sites excluding steroid dienone is 1. The smallest absolute Gasteiger partial charge is 0.159 e. The van der Waals surface area contributed by atoms with E-state index in [4.69, 9.17) is 0 Å². The summed E-state index contributed by atoms with van der Waals surface area (Å²) in [4.78, 5) is 4.47. The Morgan fingerprint density at radius 3 is 2.68 bits per heavy atom. The number of anilines is 1. The average Bonchev–Trinajstić information content (AvgIpc) is 2.87. The maximum Gasteiger partial charge on any atom is 0.159 e. The molecular formula is C20H19FN4. The highest BCUT2D eigenvalue weighted by Gasteiger charge is 2.21. The van der Waals surface area contributed by atoms with Gasteiger partial charge < -0.3 is 9.88 Å². The molecule has 0 aliphatic carbocycles. The molecule has 0 spiro atoms. The van der Waals surface area contributed by atoms with Gasteiger partial charge in [0.15, 0.2) is 6.04 Å². The van der Waals surface area contributed by atoms with Crippen LogP contribution in [-0.4, -0.2) is 9.55 Å². The van der Waals surface area contributed by atoms with Crippen LogP contribution in [0.4, 0.5) is 10.1 Å². The molecule has 2 heterocycles. The van der Waals surface area contributed by atoms with Gasteiger partial charge in [0, 0.05) is 29.5 Å². The SMILES string of the molecule is C=CCn1c(C)c(C)c2ccnc(C(C#N)Nc3ccc(F)cc3)c21. The third-order valence-electron chi connectivity index (χ3n) is 4.44. The zero-order chi connectivity index (χ0) is 18.0. The minimum atomic E-state index is -0.647. The van der Waals surface area contributed by atoms with E-state index in [9.17, 15) is 9.65 Å². The number of nitriles is 1. The first-order valence-electron chi connectivity index (χ1n) is 8.03. The molecule has 1 N–H and O–H groups in total. The van der Waals surface area contributed by atoms with Crippen molar-refractivity contribution < 1.29 is 4.39 Å². The van der Waals surface area contributed by atoms with E-state index in [1.54, 1.807) is 18.3 Å². The molecule has 0 saturated heterocycles. The van der Waals surface area contributed by atoms with E-state index in [1.807, 2.05) is 12.1 Å². The Bertz CT molecular complexity index is 964. The van der Waals surface area contributed by atoms with Crippen molar-refractivity contribution in [3.8, 4) is 6.07 Å². The number of halogens is 1. The molecule has 1 atom stereocenters. The lowest BCUT2D eigenvalue weighted by molar-refractivity contribution is 0.628. The molecule has 0 fully saturated rings. The largest absolute Gasteiger partial charge is 0.365 e. The first-order chi connectivity index (χ1) is 12.1. The van der Waals surface area contributed by atoms with Crippen LogP contribution in [0.25, 0.3) is 10.9 Å². The minimum absolute atomic E-state index is 0.314. The molecule has 3 aromatic rings. The van der Waals surface area contributed by atoms with Crippen LogP contribution in [0.5, 0.6) is 0 Å². The highest BCUT2D eigenvalue weighted by atomic mass is 19.1. The molecule has 5 heteroatoms. The fourth-order valence-electron chi connectivity index (χ4n) is 3.06. The van der Waals surface area contributed by atoms with Gasteiger partial charge in [-0.25, -0.2) is 4.39 Å². The number of benzene rings is 1. The molecule has 0 radical (unpaired) electrons. The van der Waals surface area contributed by atoms with Crippen molar-refractivity contribution in [1.29, 1.82) is 5.26 Å². The Kier molecular flexibility index (Phi) is 4.53. The number of hydrogen-bond acceptors (Lipinski definition) is 3. The first-order valence-corrected chi connectivity index (χ1v) is 8.03.